The molecule has 0 heterocycles. The van der Waals surface area contributed by atoms with Crippen LogP contribution in [0.1, 0.15) is 0 Å². The molecule has 4 rings (SSSR count). The van der Waals surface area contributed by atoms with Crippen LogP contribution < -0.4 is 21.2 Å². The summed E-state index contributed by atoms with van der Waals surface area (Å²) in [5, 5.41) is 5.87. The lowest BCUT2D eigenvalue weighted by Gasteiger charge is -2.34. The van der Waals surface area contributed by atoms with Crippen LogP contribution in [-0.2, 0) is 0 Å². The molecule has 0 N–H and O–H groups in total. The summed E-state index contributed by atoms with van der Waals surface area (Å²) in [5.74, 6) is 0. The fraction of sp³-hybridized carbons (Fsp3) is 0. The van der Waals surface area contributed by atoms with Crippen LogP contribution in [-0.4, -0.2) is 0 Å². The van der Waals surface area contributed by atoms with Gasteiger partial charge >= 0.3 is 0 Å². The molecule has 28 heavy (non-hydrogen) atoms. The average molecular weight is 434 g/mol. The predicted molar refractivity (Wildman–Crippen MR) is 135 cm³/mol. The second kappa shape index (κ2) is 9.88. The fourth-order valence-corrected chi connectivity index (χ4v) is 21.6. The van der Waals surface area contributed by atoms with Crippen LogP contribution in [0, 0.1) is 0 Å². The molecule has 3 atom stereocenters. The van der Waals surface area contributed by atoms with Crippen molar-refractivity contribution >= 4 is 52.4 Å². The van der Waals surface area contributed by atoms with E-state index in [4.69, 9.17) is 0 Å². The Bertz CT molecular complexity index is 937. The van der Waals surface area contributed by atoms with E-state index in [1.165, 1.54) is 21.2 Å². The van der Waals surface area contributed by atoms with Crippen molar-refractivity contribution in [2.24, 2.45) is 0 Å². The van der Waals surface area contributed by atoms with Gasteiger partial charge in [0.25, 0.3) is 0 Å². The second-order valence-corrected chi connectivity index (χ2v) is 18.9. The smallest absolute Gasteiger partial charge is 0.00737 e. The maximum atomic E-state index is 3.24. The average Bonchev–Trinajstić information content (AvgIpc) is 2.79. The summed E-state index contributed by atoms with van der Waals surface area (Å²) >= 11 is 0. The number of hydrogen-bond donors (Lipinski definition) is 0. The van der Waals surface area contributed by atoms with Crippen LogP contribution >= 0.6 is 31.1 Å². The van der Waals surface area contributed by atoms with Gasteiger partial charge in [0.15, 0.2) is 0 Å². The molecule has 0 aliphatic heterocycles. The lowest BCUT2D eigenvalue weighted by Crippen LogP contribution is -2.14. The number of benzene rings is 4. The summed E-state index contributed by atoms with van der Waals surface area (Å²) in [4.78, 5) is 0. The van der Waals surface area contributed by atoms with Gasteiger partial charge in [0, 0.05) is 0 Å². The van der Waals surface area contributed by atoms with Crippen molar-refractivity contribution < 1.29 is 0 Å². The molecule has 0 spiro atoms. The monoisotopic (exact) mass is 434 g/mol. The van der Waals surface area contributed by atoms with Crippen LogP contribution in [0.5, 0.6) is 0 Å². The molecule has 0 radical (unpaired) electrons. The Labute approximate surface area is 173 Å². The van der Waals surface area contributed by atoms with E-state index in [0.29, 0.717) is 0 Å². The lowest BCUT2D eigenvalue weighted by molar-refractivity contribution is 1.76. The van der Waals surface area contributed by atoms with Crippen LogP contribution in [0.15, 0.2) is 121 Å². The van der Waals surface area contributed by atoms with E-state index in [-0.39, 0.29) is 0 Å². The summed E-state index contributed by atoms with van der Waals surface area (Å²) in [7, 11) is 1.95. The van der Waals surface area contributed by atoms with Gasteiger partial charge in [0.2, 0.25) is 0 Å². The summed E-state index contributed by atoms with van der Waals surface area (Å²) in [6, 6.07) is 44.4. The molecule has 0 nitrogen and oxygen atoms in total. The minimum Gasteiger partial charge on any atom is -0.101 e. The Morgan fingerprint density at radius 2 is 0.714 bits per heavy atom. The zero-order valence-electron chi connectivity index (χ0n) is 15.5. The third-order valence-electron chi connectivity index (χ3n) is 4.40. The Hall–Kier alpha value is -1.40. The number of rotatable bonds is 6. The van der Waals surface area contributed by atoms with Crippen LogP contribution in [0.3, 0.4) is 0 Å². The normalized spacial score (nSPS) is 13.2. The zero-order chi connectivity index (χ0) is 19.2. The first kappa shape index (κ1) is 19.9. The van der Waals surface area contributed by atoms with Crippen molar-refractivity contribution in [3.8, 4) is 0 Å². The van der Waals surface area contributed by atoms with Gasteiger partial charge in [-0.1, -0.05) is 121 Å². The van der Waals surface area contributed by atoms with Gasteiger partial charge in [-0.3, -0.25) is 0 Å². The molecule has 138 valence electrons. The molecule has 0 aliphatic rings. The molecule has 0 aromatic heterocycles. The fourth-order valence-electron chi connectivity index (χ4n) is 3.09. The standard InChI is InChI=1S/C24H22P4/c25-27(23-17-9-3-10-18-23)28(24-19-11-4-12-20-24)26(21-13-5-1-6-14-21)22-15-7-2-8-16-22/h1-20H,25H2. The Kier molecular flexibility index (Phi) is 7.02. The Morgan fingerprint density at radius 1 is 0.393 bits per heavy atom. The van der Waals surface area contributed by atoms with Crippen LogP contribution in [0.2, 0.25) is 0 Å². The van der Waals surface area contributed by atoms with E-state index >= 15 is 0 Å². The van der Waals surface area contributed by atoms with Crippen molar-refractivity contribution in [2.75, 3.05) is 0 Å². The summed E-state index contributed by atoms with van der Waals surface area (Å²) in [5.41, 5.74) is 0. The van der Waals surface area contributed by atoms with Crippen molar-refractivity contribution in [2.45, 2.75) is 0 Å². The van der Waals surface area contributed by atoms with Gasteiger partial charge in [-0.2, -0.15) is 0 Å². The minimum atomic E-state index is -0.481. The first-order valence-electron chi connectivity index (χ1n) is 9.20. The van der Waals surface area contributed by atoms with E-state index < -0.39 is 22.2 Å². The highest BCUT2D eigenvalue weighted by molar-refractivity contribution is 8.78. The van der Waals surface area contributed by atoms with Crippen molar-refractivity contribution in [1.29, 1.82) is 0 Å². The number of hydrogen-bond acceptors (Lipinski definition) is 0. The maximum Gasteiger partial charge on any atom is -0.00737 e. The third kappa shape index (κ3) is 4.60. The SMILES string of the molecule is PP(c1ccccc1)P(c1ccccc1)P(c1ccccc1)c1ccccc1. The summed E-state index contributed by atoms with van der Waals surface area (Å²) < 4.78 is 0. The molecule has 3 unspecified atom stereocenters. The molecule has 0 saturated carbocycles. The van der Waals surface area contributed by atoms with Crippen LogP contribution in [0.25, 0.3) is 0 Å². The largest absolute Gasteiger partial charge is 0.101 e. The van der Waals surface area contributed by atoms with Gasteiger partial charge in [-0.05, 0) is 43.4 Å². The highest BCUT2D eigenvalue weighted by Crippen LogP contribution is 2.87. The topological polar surface area (TPSA) is 0 Å². The maximum absolute atomic E-state index is 3.24. The van der Waals surface area contributed by atoms with Crippen LogP contribution in [0.4, 0.5) is 0 Å². The van der Waals surface area contributed by atoms with Crippen molar-refractivity contribution in [3.05, 3.63) is 121 Å². The zero-order valence-corrected chi connectivity index (χ0v) is 19.3. The molecule has 0 saturated heterocycles. The molecule has 4 aromatic carbocycles. The van der Waals surface area contributed by atoms with E-state index in [1.54, 1.807) is 0 Å². The first-order valence-corrected chi connectivity index (χ1v) is 16.2. The summed E-state index contributed by atoms with van der Waals surface area (Å²) in [6.07, 6.45) is 0. The lowest BCUT2D eigenvalue weighted by atomic mass is 10.4. The van der Waals surface area contributed by atoms with Gasteiger partial charge in [-0.15, -0.1) is 8.93 Å². The molecule has 0 fully saturated rings. The van der Waals surface area contributed by atoms with Gasteiger partial charge in [0.05, 0.1) is 0 Å². The van der Waals surface area contributed by atoms with Gasteiger partial charge < -0.3 is 0 Å². The Balaban J connectivity index is 1.89. The molecular weight excluding hydrogens is 412 g/mol. The Morgan fingerprint density at radius 3 is 1.11 bits per heavy atom. The third-order valence-corrected chi connectivity index (χ3v) is 22.2. The van der Waals surface area contributed by atoms with Crippen molar-refractivity contribution in [1.82, 2.24) is 0 Å². The molecule has 0 aliphatic carbocycles. The minimum absolute atomic E-state index is 0.392. The van der Waals surface area contributed by atoms with E-state index in [2.05, 4.69) is 130 Å². The first-order chi connectivity index (χ1) is 13.8. The second-order valence-electron chi connectivity index (χ2n) is 6.29. The van der Waals surface area contributed by atoms with Gasteiger partial charge in [0.1, 0.15) is 0 Å². The van der Waals surface area contributed by atoms with E-state index in [9.17, 15) is 0 Å². The van der Waals surface area contributed by atoms with E-state index in [1.807, 2.05) is 0 Å². The highest BCUT2D eigenvalue weighted by atomic mass is 32.6. The molecule has 0 amide bonds. The molecule has 4 heteroatoms. The molecule has 0 bridgehead atoms. The quantitative estimate of drug-likeness (QED) is 0.310. The van der Waals surface area contributed by atoms with E-state index in [0.717, 1.165) is 0 Å². The van der Waals surface area contributed by atoms with Gasteiger partial charge in [-0.25, -0.2) is 0 Å². The summed E-state index contributed by atoms with van der Waals surface area (Å²) in [6.45, 7) is 0. The highest BCUT2D eigenvalue weighted by Gasteiger charge is 2.31. The molecular formula is C24H22P4. The van der Waals surface area contributed by atoms with Crippen molar-refractivity contribution in [3.63, 3.8) is 0 Å². The molecule has 4 aromatic rings. The predicted octanol–water partition coefficient (Wildman–Crippen LogP) is 6.35.